The molecule has 3 aromatic rings. The molecule has 1 atom stereocenters. The number of aliphatic carboxylic acids is 1. The van der Waals surface area contributed by atoms with Crippen LogP contribution in [-0.4, -0.2) is 25.6 Å². The van der Waals surface area contributed by atoms with Crippen LogP contribution >= 0.6 is 22.6 Å². The van der Waals surface area contributed by atoms with Gasteiger partial charge in [0.05, 0.1) is 11.4 Å². The van der Waals surface area contributed by atoms with Crippen molar-refractivity contribution >= 4 is 39.7 Å². The van der Waals surface area contributed by atoms with Crippen LogP contribution in [-0.2, 0) is 17.8 Å². The number of fused-ring (bicyclic) bond motifs is 3. The molecular formula is C21H22IN3O2. The lowest BCUT2D eigenvalue weighted by Crippen LogP contribution is -2.15. The summed E-state index contributed by atoms with van der Waals surface area (Å²) in [6.45, 7) is 4.86. The second-order valence-electron chi connectivity index (χ2n) is 7.13. The zero-order valence-electron chi connectivity index (χ0n) is 15.5. The van der Waals surface area contributed by atoms with E-state index in [1.54, 1.807) is 0 Å². The number of aromatic nitrogens is 3. The zero-order chi connectivity index (χ0) is 19.1. The van der Waals surface area contributed by atoms with Crippen LogP contribution in [0.25, 0.3) is 22.3 Å². The molecule has 1 unspecified atom stereocenters. The van der Waals surface area contributed by atoms with Gasteiger partial charge in [0.15, 0.2) is 5.65 Å². The maximum absolute atomic E-state index is 12.1. The molecule has 0 amide bonds. The molecule has 1 aromatic carbocycles. The second kappa shape index (κ2) is 7.22. The van der Waals surface area contributed by atoms with Gasteiger partial charge in [0.25, 0.3) is 0 Å². The van der Waals surface area contributed by atoms with E-state index in [1.807, 2.05) is 13.8 Å². The number of hydrogen-bond donors (Lipinski definition) is 1. The minimum Gasteiger partial charge on any atom is -0.481 e. The number of rotatable bonds is 5. The van der Waals surface area contributed by atoms with Gasteiger partial charge in [0.2, 0.25) is 0 Å². The van der Waals surface area contributed by atoms with Crippen LogP contribution in [0.2, 0.25) is 0 Å². The Morgan fingerprint density at radius 3 is 2.70 bits per heavy atom. The molecule has 6 heteroatoms. The van der Waals surface area contributed by atoms with Crippen molar-refractivity contribution in [2.45, 2.75) is 52.0 Å². The Hall–Kier alpha value is -1.96. The Bertz CT molecular complexity index is 1020. The molecule has 0 bridgehead atoms. The van der Waals surface area contributed by atoms with Gasteiger partial charge in [-0.1, -0.05) is 25.5 Å². The molecule has 0 fully saturated rings. The van der Waals surface area contributed by atoms with Crippen LogP contribution in [0, 0.1) is 10.5 Å². The Labute approximate surface area is 172 Å². The summed E-state index contributed by atoms with van der Waals surface area (Å²) >= 11 is 2.29. The van der Waals surface area contributed by atoms with Gasteiger partial charge in [-0.05, 0) is 65.6 Å². The topological polar surface area (TPSA) is 68.0 Å². The van der Waals surface area contributed by atoms with Crippen LogP contribution in [0.15, 0.2) is 24.3 Å². The first-order chi connectivity index (χ1) is 13.0. The van der Waals surface area contributed by atoms with Gasteiger partial charge in [-0.15, -0.1) is 0 Å². The Kier molecular flexibility index (Phi) is 4.92. The third-order valence-electron chi connectivity index (χ3n) is 5.34. The highest BCUT2D eigenvalue weighted by Gasteiger charge is 2.30. The smallest absolute Gasteiger partial charge is 0.311 e. The van der Waals surface area contributed by atoms with Crippen molar-refractivity contribution in [3.8, 4) is 11.1 Å². The minimum atomic E-state index is -0.783. The van der Waals surface area contributed by atoms with E-state index in [9.17, 15) is 9.90 Å². The summed E-state index contributed by atoms with van der Waals surface area (Å²) < 4.78 is 3.39. The molecule has 3 heterocycles. The molecule has 27 heavy (non-hydrogen) atoms. The summed E-state index contributed by atoms with van der Waals surface area (Å²) in [4.78, 5) is 21.6. The molecular weight excluding hydrogens is 453 g/mol. The van der Waals surface area contributed by atoms with E-state index in [0.717, 1.165) is 68.7 Å². The van der Waals surface area contributed by atoms with E-state index in [1.165, 1.54) is 0 Å². The number of benzene rings is 1. The number of nitrogens with zero attached hydrogens (tertiary/aromatic N) is 3. The number of aryl methyl sites for hydroxylation is 3. The number of carboxylic acid groups (broad SMARTS) is 1. The third-order valence-corrected chi connectivity index (χ3v) is 6.06. The summed E-state index contributed by atoms with van der Waals surface area (Å²) in [7, 11) is 0. The minimum absolute atomic E-state index is 0.561. The van der Waals surface area contributed by atoms with E-state index < -0.39 is 11.9 Å². The van der Waals surface area contributed by atoms with Crippen LogP contribution in [0.5, 0.6) is 0 Å². The first-order valence-electron chi connectivity index (χ1n) is 9.39. The molecule has 5 nitrogen and oxygen atoms in total. The lowest BCUT2D eigenvalue weighted by atomic mass is 9.86. The third kappa shape index (κ3) is 3.13. The van der Waals surface area contributed by atoms with Crippen molar-refractivity contribution in [2.75, 3.05) is 0 Å². The van der Waals surface area contributed by atoms with Crippen molar-refractivity contribution < 1.29 is 9.90 Å². The van der Waals surface area contributed by atoms with E-state index in [-0.39, 0.29) is 0 Å². The number of carbonyl (C=O) groups is 1. The van der Waals surface area contributed by atoms with Crippen molar-refractivity contribution in [1.29, 1.82) is 0 Å². The fourth-order valence-corrected chi connectivity index (χ4v) is 4.54. The van der Waals surface area contributed by atoms with Gasteiger partial charge in [0, 0.05) is 27.8 Å². The fraction of sp³-hybridized carbons (Fsp3) is 0.381. The molecule has 0 saturated carbocycles. The molecule has 0 saturated heterocycles. The molecule has 4 rings (SSSR count). The van der Waals surface area contributed by atoms with E-state index >= 15 is 0 Å². The van der Waals surface area contributed by atoms with Crippen molar-refractivity contribution in [3.63, 3.8) is 0 Å². The molecule has 140 valence electrons. The Balaban J connectivity index is 2.09. The first-order valence-corrected chi connectivity index (χ1v) is 10.5. The maximum Gasteiger partial charge on any atom is 0.311 e. The number of imidazole rings is 1. The first kappa shape index (κ1) is 18.4. The van der Waals surface area contributed by atoms with Crippen molar-refractivity contribution in [1.82, 2.24) is 14.5 Å². The van der Waals surface area contributed by atoms with Gasteiger partial charge >= 0.3 is 5.97 Å². The number of hydrogen-bond acceptors (Lipinski definition) is 3. The molecule has 1 aliphatic heterocycles. The monoisotopic (exact) mass is 475 g/mol. The fourth-order valence-electron chi connectivity index (χ4n) is 4.18. The summed E-state index contributed by atoms with van der Waals surface area (Å²) in [6, 6.07) is 8.30. The summed E-state index contributed by atoms with van der Waals surface area (Å²) in [6.07, 6.45) is 3.44. The van der Waals surface area contributed by atoms with Gasteiger partial charge in [-0.25, -0.2) is 9.97 Å². The lowest BCUT2D eigenvalue weighted by molar-refractivity contribution is -0.139. The lowest BCUT2D eigenvalue weighted by Gasteiger charge is -2.20. The molecule has 2 aromatic heterocycles. The average molecular weight is 475 g/mol. The predicted molar refractivity (Wildman–Crippen MR) is 114 cm³/mol. The van der Waals surface area contributed by atoms with Crippen LogP contribution in [0.4, 0.5) is 0 Å². The van der Waals surface area contributed by atoms with Gasteiger partial charge in [0.1, 0.15) is 5.82 Å². The summed E-state index contributed by atoms with van der Waals surface area (Å²) in [5, 5.41) is 9.96. The number of pyridine rings is 1. The van der Waals surface area contributed by atoms with Crippen molar-refractivity contribution in [3.05, 3.63) is 44.9 Å². The van der Waals surface area contributed by atoms with E-state index in [0.29, 0.717) is 6.42 Å². The SMILES string of the molecule is CCCC(C(=O)O)c1c(C)nc2nc3n(c2c1-c1ccc(I)cc1)CCC3. The van der Waals surface area contributed by atoms with E-state index in [2.05, 4.69) is 51.4 Å². The highest BCUT2D eigenvalue weighted by Crippen LogP contribution is 2.40. The number of halogens is 1. The highest BCUT2D eigenvalue weighted by atomic mass is 127. The summed E-state index contributed by atoms with van der Waals surface area (Å²) in [5.74, 6) is -0.286. The zero-order valence-corrected chi connectivity index (χ0v) is 17.7. The van der Waals surface area contributed by atoms with Crippen LogP contribution in [0.3, 0.4) is 0 Å². The Morgan fingerprint density at radius 1 is 1.30 bits per heavy atom. The molecule has 1 aliphatic rings. The molecule has 0 spiro atoms. The average Bonchev–Trinajstić information content (AvgIpc) is 3.20. The van der Waals surface area contributed by atoms with Gasteiger partial charge in [-0.3, -0.25) is 4.79 Å². The largest absolute Gasteiger partial charge is 0.481 e. The van der Waals surface area contributed by atoms with Crippen LogP contribution < -0.4 is 0 Å². The van der Waals surface area contributed by atoms with Gasteiger partial charge in [-0.2, -0.15) is 0 Å². The van der Waals surface area contributed by atoms with Crippen molar-refractivity contribution in [2.24, 2.45) is 0 Å². The standard InChI is InChI=1S/C21H22IN3O2/c1-3-5-15(21(26)27)17-12(2)23-20-19(25-11-4-6-16(25)24-20)18(17)13-7-9-14(22)10-8-13/h7-10,15H,3-6,11H2,1-2H3,(H,26,27). The normalized spacial score (nSPS) is 14.5. The van der Waals surface area contributed by atoms with Crippen LogP contribution in [0.1, 0.15) is 49.2 Å². The van der Waals surface area contributed by atoms with E-state index in [4.69, 9.17) is 9.97 Å². The second-order valence-corrected chi connectivity index (χ2v) is 8.37. The van der Waals surface area contributed by atoms with Gasteiger partial charge < -0.3 is 9.67 Å². The summed E-state index contributed by atoms with van der Waals surface area (Å²) in [5.41, 5.74) is 5.38. The number of carboxylic acids is 1. The predicted octanol–water partition coefficient (Wildman–Crippen LogP) is 4.93. The molecule has 0 aliphatic carbocycles. The molecule has 0 radical (unpaired) electrons. The Morgan fingerprint density at radius 2 is 2.04 bits per heavy atom. The quantitative estimate of drug-likeness (QED) is 0.532. The maximum atomic E-state index is 12.1. The highest BCUT2D eigenvalue weighted by molar-refractivity contribution is 14.1. The molecule has 1 N–H and O–H groups in total.